The van der Waals surface area contributed by atoms with Gasteiger partial charge in [-0.1, -0.05) is 17.7 Å². The molecule has 1 saturated heterocycles. The second-order valence-electron chi connectivity index (χ2n) is 5.53. The van der Waals surface area contributed by atoms with Gasteiger partial charge in [0.15, 0.2) is 0 Å². The Hall–Kier alpha value is -0.710. The van der Waals surface area contributed by atoms with Gasteiger partial charge in [-0.25, -0.2) is 4.98 Å². The number of fused-ring (bicyclic) bond motifs is 1. The average Bonchev–Trinajstić information content (AvgIpc) is 2.79. The number of benzene rings is 1. The summed E-state index contributed by atoms with van der Waals surface area (Å²) >= 11 is 8.40. The van der Waals surface area contributed by atoms with Gasteiger partial charge in [-0.15, -0.1) is 0 Å². The smallest absolute Gasteiger partial charge is 0.111 e. The van der Waals surface area contributed by atoms with Gasteiger partial charge in [-0.3, -0.25) is 0 Å². The van der Waals surface area contributed by atoms with Crippen LogP contribution in [0.4, 0.5) is 0 Å². The Labute approximate surface area is 129 Å². The highest BCUT2D eigenvalue weighted by molar-refractivity contribution is 7.99. The number of hydrogen-bond acceptors (Lipinski definition) is 3. The van der Waals surface area contributed by atoms with Crippen LogP contribution in [0, 0.1) is 0 Å². The van der Waals surface area contributed by atoms with E-state index < -0.39 is 0 Å². The molecule has 0 aliphatic carbocycles. The zero-order valence-corrected chi connectivity index (χ0v) is 13.5. The molecule has 0 radical (unpaired) electrons. The second-order valence-corrected chi connectivity index (χ2v) is 7.09. The van der Waals surface area contributed by atoms with E-state index in [0.29, 0.717) is 12.1 Å². The summed E-state index contributed by atoms with van der Waals surface area (Å²) in [5.74, 6) is 3.51. The molecule has 0 amide bonds. The van der Waals surface area contributed by atoms with Crippen molar-refractivity contribution in [3.63, 3.8) is 0 Å². The van der Waals surface area contributed by atoms with Crippen LogP contribution >= 0.6 is 23.4 Å². The lowest BCUT2D eigenvalue weighted by atomic mass is 10.2. The summed E-state index contributed by atoms with van der Waals surface area (Å²) in [6, 6.07) is 6.85. The average molecular weight is 310 g/mol. The van der Waals surface area contributed by atoms with Crippen molar-refractivity contribution in [2.45, 2.75) is 32.4 Å². The summed E-state index contributed by atoms with van der Waals surface area (Å²) in [6.45, 7) is 5.48. The van der Waals surface area contributed by atoms with Crippen molar-refractivity contribution < 1.29 is 0 Å². The van der Waals surface area contributed by atoms with Gasteiger partial charge in [0.05, 0.1) is 16.1 Å². The maximum Gasteiger partial charge on any atom is 0.111 e. The highest BCUT2D eigenvalue weighted by Crippen LogP contribution is 2.28. The van der Waals surface area contributed by atoms with E-state index in [1.807, 2.05) is 30.0 Å². The SMILES string of the molecule is CC(C)n1c(CC2CSCCN2)nc2cccc(Cl)c21. The van der Waals surface area contributed by atoms with Crippen LogP contribution in [0.15, 0.2) is 18.2 Å². The van der Waals surface area contributed by atoms with Gasteiger partial charge in [0.25, 0.3) is 0 Å². The lowest BCUT2D eigenvalue weighted by Gasteiger charge is -2.24. The number of nitrogens with zero attached hydrogens (tertiary/aromatic N) is 2. The Morgan fingerprint density at radius 2 is 2.35 bits per heavy atom. The first-order valence-electron chi connectivity index (χ1n) is 7.13. The fourth-order valence-corrected chi connectivity index (χ4v) is 4.04. The van der Waals surface area contributed by atoms with Crippen LogP contribution in [-0.4, -0.2) is 33.6 Å². The Morgan fingerprint density at radius 1 is 1.50 bits per heavy atom. The molecule has 2 aromatic rings. The Kier molecular flexibility index (Phi) is 4.24. The molecule has 1 aromatic carbocycles. The van der Waals surface area contributed by atoms with Gasteiger partial charge in [-0.05, 0) is 26.0 Å². The van der Waals surface area contributed by atoms with Gasteiger partial charge in [-0.2, -0.15) is 11.8 Å². The fraction of sp³-hybridized carbons (Fsp3) is 0.533. The molecule has 1 aromatic heterocycles. The number of halogens is 1. The maximum atomic E-state index is 6.38. The molecule has 5 heteroatoms. The molecule has 1 aliphatic heterocycles. The number of para-hydroxylation sites is 1. The lowest BCUT2D eigenvalue weighted by Crippen LogP contribution is -2.39. The predicted molar refractivity (Wildman–Crippen MR) is 87.9 cm³/mol. The second kappa shape index (κ2) is 5.96. The highest BCUT2D eigenvalue weighted by Gasteiger charge is 2.20. The van der Waals surface area contributed by atoms with Crippen molar-refractivity contribution in [3.8, 4) is 0 Å². The number of aromatic nitrogens is 2. The zero-order chi connectivity index (χ0) is 14.1. The molecular formula is C15H20ClN3S. The van der Waals surface area contributed by atoms with Gasteiger partial charge in [0.1, 0.15) is 5.82 Å². The minimum Gasteiger partial charge on any atom is -0.324 e. The number of hydrogen-bond donors (Lipinski definition) is 1. The molecule has 3 rings (SSSR count). The first kappa shape index (κ1) is 14.2. The van der Waals surface area contributed by atoms with E-state index in [9.17, 15) is 0 Å². The van der Waals surface area contributed by atoms with Crippen molar-refractivity contribution in [2.75, 3.05) is 18.1 Å². The number of nitrogens with one attached hydrogen (secondary N) is 1. The molecule has 1 fully saturated rings. The summed E-state index contributed by atoms with van der Waals surface area (Å²) < 4.78 is 2.29. The number of thioether (sulfide) groups is 1. The number of rotatable bonds is 3. The summed E-state index contributed by atoms with van der Waals surface area (Å²) in [4.78, 5) is 4.82. The molecule has 1 N–H and O–H groups in total. The molecule has 1 aliphatic rings. The molecule has 20 heavy (non-hydrogen) atoms. The first-order valence-corrected chi connectivity index (χ1v) is 8.66. The highest BCUT2D eigenvalue weighted by atomic mass is 35.5. The quantitative estimate of drug-likeness (QED) is 0.941. The fourth-order valence-electron chi connectivity index (χ4n) is 2.83. The van der Waals surface area contributed by atoms with E-state index in [4.69, 9.17) is 16.6 Å². The topological polar surface area (TPSA) is 29.9 Å². The van der Waals surface area contributed by atoms with Crippen molar-refractivity contribution >= 4 is 34.4 Å². The summed E-state index contributed by atoms with van der Waals surface area (Å²) in [5, 5.41) is 4.38. The van der Waals surface area contributed by atoms with Crippen molar-refractivity contribution in [3.05, 3.63) is 29.0 Å². The van der Waals surface area contributed by atoms with E-state index in [0.717, 1.165) is 40.6 Å². The van der Waals surface area contributed by atoms with Gasteiger partial charge >= 0.3 is 0 Å². The zero-order valence-electron chi connectivity index (χ0n) is 11.9. The molecule has 0 saturated carbocycles. The van der Waals surface area contributed by atoms with Crippen LogP contribution in [-0.2, 0) is 6.42 Å². The molecule has 108 valence electrons. The van der Waals surface area contributed by atoms with Gasteiger partial charge in [0, 0.05) is 36.6 Å². The van der Waals surface area contributed by atoms with Gasteiger partial charge < -0.3 is 9.88 Å². The van der Waals surface area contributed by atoms with Crippen LogP contribution in [0.2, 0.25) is 5.02 Å². The molecular weight excluding hydrogens is 290 g/mol. The van der Waals surface area contributed by atoms with Crippen molar-refractivity contribution in [2.24, 2.45) is 0 Å². The predicted octanol–water partition coefficient (Wildman–Crippen LogP) is 3.52. The first-order chi connectivity index (χ1) is 9.66. The normalized spacial score (nSPS) is 19.9. The Balaban J connectivity index is 2.01. The molecule has 3 nitrogen and oxygen atoms in total. The monoisotopic (exact) mass is 309 g/mol. The van der Waals surface area contributed by atoms with Crippen LogP contribution in [0.25, 0.3) is 11.0 Å². The van der Waals surface area contributed by atoms with Crippen LogP contribution in [0.5, 0.6) is 0 Å². The molecule has 0 spiro atoms. The summed E-state index contributed by atoms with van der Waals surface area (Å²) in [6.07, 6.45) is 0.968. The van der Waals surface area contributed by atoms with Crippen molar-refractivity contribution in [1.82, 2.24) is 14.9 Å². The van der Waals surface area contributed by atoms with E-state index in [1.54, 1.807) is 0 Å². The molecule has 1 unspecified atom stereocenters. The Bertz CT molecular complexity index is 602. The van der Waals surface area contributed by atoms with Crippen molar-refractivity contribution in [1.29, 1.82) is 0 Å². The molecule has 2 heterocycles. The third kappa shape index (κ3) is 2.69. The molecule has 1 atom stereocenters. The number of imidazole rings is 1. The standard InChI is InChI=1S/C15H20ClN3S/c1-10(2)19-14(8-11-9-20-7-6-17-11)18-13-5-3-4-12(16)15(13)19/h3-5,10-11,17H,6-9H2,1-2H3. The van der Waals surface area contributed by atoms with Crippen LogP contribution < -0.4 is 5.32 Å². The van der Waals surface area contributed by atoms with Crippen LogP contribution in [0.1, 0.15) is 25.7 Å². The minimum absolute atomic E-state index is 0.367. The summed E-state index contributed by atoms with van der Waals surface area (Å²) in [5.41, 5.74) is 2.08. The lowest BCUT2D eigenvalue weighted by molar-refractivity contribution is 0.514. The third-order valence-electron chi connectivity index (χ3n) is 3.68. The third-order valence-corrected chi connectivity index (χ3v) is 5.11. The Morgan fingerprint density at radius 3 is 3.05 bits per heavy atom. The maximum absolute atomic E-state index is 6.38. The van der Waals surface area contributed by atoms with Crippen LogP contribution in [0.3, 0.4) is 0 Å². The van der Waals surface area contributed by atoms with E-state index >= 15 is 0 Å². The van der Waals surface area contributed by atoms with Gasteiger partial charge in [0.2, 0.25) is 0 Å². The molecule has 0 bridgehead atoms. The van der Waals surface area contributed by atoms with E-state index in [2.05, 4.69) is 23.7 Å². The minimum atomic E-state index is 0.367. The van der Waals surface area contributed by atoms with E-state index in [-0.39, 0.29) is 0 Å². The summed E-state index contributed by atoms with van der Waals surface area (Å²) in [7, 11) is 0. The largest absolute Gasteiger partial charge is 0.324 e. The van der Waals surface area contributed by atoms with E-state index in [1.165, 1.54) is 5.75 Å².